The number of nitrogens with one attached hydrogen (secondary N) is 1. The highest BCUT2D eigenvalue weighted by atomic mass is 14.9. The van der Waals surface area contributed by atoms with Crippen molar-refractivity contribution in [3.63, 3.8) is 0 Å². The molecule has 0 bridgehead atoms. The van der Waals surface area contributed by atoms with Crippen LogP contribution in [0.25, 0.3) is 11.0 Å². The molecule has 0 aliphatic carbocycles. The summed E-state index contributed by atoms with van der Waals surface area (Å²) in [4.78, 5) is 12.1. The lowest BCUT2D eigenvalue weighted by Crippen LogP contribution is -1.99. The predicted molar refractivity (Wildman–Crippen MR) is 66.4 cm³/mol. The molecule has 1 atom stereocenters. The molecule has 3 heteroatoms. The van der Waals surface area contributed by atoms with E-state index >= 15 is 0 Å². The minimum atomic E-state index is 0.562. The third-order valence-electron chi connectivity index (χ3n) is 3.09. The van der Waals surface area contributed by atoms with Crippen LogP contribution in [0.1, 0.15) is 51.3 Å². The van der Waals surface area contributed by atoms with Crippen LogP contribution in [0.4, 0.5) is 0 Å². The molecule has 2 heterocycles. The summed E-state index contributed by atoms with van der Waals surface area (Å²) in [6.45, 7) is 4.46. The SMILES string of the molecule is CCCCC(CC)c1nc2ccncc2[nH]1. The van der Waals surface area contributed by atoms with Crippen molar-refractivity contribution in [2.24, 2.45) is 0 Å². The van der Waals surface area contributed by atoms with Gasteiger partial charge < -0.3 is 4.98 Å². The lowest BCUT2D eigenvalue weighted by Gasteiger charge is -2.10. The zero-order chi connectivity index (χ0) is 11.4. The summed E-state index contributed by atoms with van der Waals surface area (Å²) in [6.07, 6.45) is 8.53. The second-order valence-corrected chi connectivity index (χ2v) is 4.26. The first-order chi connectivity index (χ1) is 7.85. The van der Waals surface area contributed by atoms with Crippen molar-refractivity contribution in [3.05, 3.63) is 24.3 Å². The summed E-state index contributed by atoms with van der Waals surface area (Å²) >= 11 is 0. The minimum Gasteiger partial charge on any atom is -0.340 e. The van der Waals surface area contributed by atoms with Gasteiger partial charge in [0.2, 0.25) is 0 Å². The number of H-pyrrole nitrogens is 1. The number of aromatic nitrogens is 3. The zero-order valence-electron chi connectivity index (χ0n) is 10.0. The maximum atomic E-state index is 4.64. The van der Waals surface area contributed by atoms with Gasteiger partial charge in [0, 0.05) is 12.1 Å². The number of nitrogens with zero attached hydrogens (tertiary/aromatic N) is 2. The Hall–Kier alpha value is -1.38. The molecule has 0 aliphatic rings. The van der Waals surface area contributed by atoms with Gasteiger partial charge in [-0.05, 0) is 18.9 Å². The Morgan fingerprint density at radius 2 is 2.25 bits per heavy atom. The van der Waals surface area contributed by atoms with Gasteiger partial charge in [-0.15, -0.1) is 0 Å². The molecule has 0 saturated carbocycles. The second-order valence-electron chi connectivity index (χ2n) is 4.26. The molecule has 0 fully saturated rings. The van der Waals surface area contributed by atoms with E-state index in [1.54, 1.807) is 6.20 Å². The number of hydrogen-bond donors (Lipinski definition) is 1. The van der Waals surface area contributed by atoms with Crippen LogP contribution in [0, 0.1) is 0 Å². The van der Waals surface area contributed by atoms with Crippen LogP contribution in [0.5, 0.6) is 0 Å². The van der Waals surface area contributed by atoms with E-state index in [2.05, 4.69) is 28.8 Å². The third-order valence-corrected chi connectivity index (χ3v) is 3.09. The normalized spacial score (nSPS) is 13.1. The summed E-state index contributed by atoms with van der Waals surface area (Å²) in [7, 11) is 0. The molecule has 0 aliphatic heterocycles. The molecular formula is C13H19N3. The van der Waals surface area contributed by atoms with Gasteiger partial charge in [-0.1, -0.05) is 26.7 Å². The van der Waals surface area contributed by atoms with Gasteiger partial charge in [0.15, 0.2) is 0 Å². The van der Waals surface area contributed by atoms with Crippen LogP contribution in [0.3, 0.4) is 0 Å². The van der Waals surface area contributed by atoms with Crippen LogP contribution in [0.2, 0.25) is 0 Å². The van der Waals surface area contributed by atoms with E-state index in [-0.39, 0.29) is 0 Å². The molecule has 0 aromatic carbocycles. The fourth-order valence-corrected chi connectivity index (χ4v) is 2.05. The number of fused-ring (bicyclic) bond motifs is 1. The van der Waals surface area contributed by atoms with E-state index in [0.29, 0.717) is 5.92 Å². The zero-order valence-corrected chi connectivity index (χ0v) is 10.0. The maximum absolute atomic E-state index is 4.64. The van der Waals surface area contributed by atoms with Gasteiger partial charge in [0.05, 0.1) is 17.2 Å². The lowest BCUT2D eigenvalue weighted by molar-refractivity contribution is 0.549. The molecule has 86 valence electrons. The van der Waals surface area contributed by atoms with Gasteiger partial charge in [0.1, 0.15) is 5.82 Å². The van der Waals surface area contributed by atoms with Gasteiger partial charge in [-0.3, -0.25) is 4.98 Å². The molecule has 2 rings (SSSR count). The first kappa shape index (κ1) is 11.1. The monoisotopic (exact) mass is 217 g/mol. The van der Waals surface area contributed by atoms with Gasteiger partial charge in [0.25, 0.3) is 0 Å². The predicted octanol–water partition coefficient (Wildman–Crippen LogP) is 3.64. The van der Waals surface area contributed by atoms with E-state index in [0.717, 1.165) is 23.3 Å². The van der Waals surface area contributed by atoms with Gasteiger partial charge >= 0.3 is 0 Å². The first-order valence-electron chi connectivity index (χ1n) is 6.14. The van der Waals surface area contributed by atoms with Crippen LogP contribution in [-0.4, -0.2) is 15.0 Å². The first-order valence-corrected chi connectivity index (χ1v) is 6.14. The summed E-state index contributed by atoms with van der Waals surface area (Å²) in [5.74, 6) is 1.69. The smallest absolute Gasteiger partial charge is 0.110 e. The molecule has 0 radical (unpaired) electrons. The average Bonchev–Trinajstić information content (AvgIpc) is 2.73. The van der Waals surface area contributed by atoms with Crippen LogP contribution in [0.15, 0.2) is 18.5 Å². The highest BCUT2D eigenvalue weighted by Crippen LogP contribution is 2.24. The third kappa shape index (κ3) is 2.23. The Morgan fingerprint density at radius 3 is 2.94 bits per heavy atom. The molecule has 0 amide bonds. The van der Waals surface area contributed by atoms with E-state index < -0.39 is 0 Å². The molecule has 3 nitrogen and oxygen atoms in total. The van der Waals surface area contributed by atoms with Crippen molar-refractivity contribution in [2.75, 3.05) is 0 Å². The summed E-state index contributed by atoms with van der Waals surface area (Å²) < 4.78 is 0. The number of pyridine rings is 1. The lowest BCUT2D eigenvalue weighted by atomic mass is 9.99. The molecule has 16 heavy (non-hydrogen) atoms. The fraction of sp³-hybridized carbons (Fsp3) is 0.538. The highest BCUT2D eigenvalue weighted by molar-refractivity contribution is 5.73. The minimum absolute atomic E-state index is 0.562. The van der Waals surface area contributed by atoms with Crippen molar-refractivity contribution in [1.29, 1.82) is 0 Å². The van der Waals surface area contributed by atoms with E-state index in [4.69, 9.17) is 0 Å². The largest absolute Gasteiger partial charge is 0.340 e. The average molecular weight is 217 g/mol. The highest BCUT2D eigenvalue weighted by Gasteiger charge is 2.13. The molecule has 1 N–H and O–H groups in total. The number of hydrogen-bond acceptors (Lipinski definition) is 2. The molecule has 1 unspecified atom stereocenters. The Labute approximate surface area is 96.3 Å². The quantitative estimate of drug-likeness (QED) is 0.830. The number of rotatable bonds is 5. The molecule has 2 aromatic heterocycles. The molecule has 2 aromatic rings. The van der Waals surface area contributed by atoms with Crippen molar-refractivity contribution in [3.8, 4) is 0 Å². The van der Waals surface area contributed by atoms with E-state index in [1.165, 1.54) is 19.3 Å². The molecule has 0 saturated heterocycles. The van der Waals surface area contributed by atoms with Crippen LogP contribution >= 0.6 is 0 Å². The molecule has 0 spiro atoms. The number of imidazole rings is 1. The number of unbranched alkanes of at least 4 members (excludes halogenated alkanes) is 1. The van der Waals surface area contributed by atoms with Crippen LogP contribution in [-0.2, 0) is 0 Å². The summed E-state index contributed by atoms with van der Waals surface area (Å²) in [5.41, 5.74) is 2.08. The van der Waals surface area contributed by atoms with Crippen LogP contribution < -0.4 is 0 Å². The Morgan fingerprint density at radius 1 is 1.38 bits per heavy atom. The van der Waals surface area contributed by atoms with Crippen molar-refractivity contribution in [2.45, 2.75) is 45.4 Å². The summed E-state index contributed by atoms with van der Waals surface area (Å²) in [5, 5.41) is 0. The van der Waals surface area contributed by atoms with E-state index in [1.807, 2.05) is 12.3 Å². The Kier molecular flexibility index (Phi) is 3.54. The van der Waals surface area contributed by atoms with Crippen molar-refractivity contribution in [1.82, 2.24) is 15.0 Å². The maximum Gasteiger partial charge on any atom is 0.110 e. The second kappa shape index (κ2) is 5.10. The van der Waals surface area contributed by atoms with Crippen molar-refractivity contribution < 1.29 is 0 Å². The Balaban J connectivity index is 2.23. The molecular weight excluding hydrogens is 198 g/mol. The topological polar surface area (TPSA) is 41.6 Å². The fourth-order valence-electron chi connectivity index (χ4n) is 2.05. The van der Waals surface area contributed by atoms with Crippen molar-refractivity contribution >= 4 is 11.0 Å². The van der Waals surface area contributed by atoms with E-state index in [9.17, 15) is 0 Å². The van der Waals surface area contributed by atoms with Gasteiger partial charge in [-0.2, -0.15) is 0 Å². The summed E-state index contributed by atoms with van der Waals surface area (Å²) in [6, 6.07) is 1.96. The Bertz CT molecular complexity index is 414. The number of aromatic amines is 1. The van der Waals surface area contributed by atoms with Gasteiger partial charge in [-0.25, -0.2) is 4.98 Å². The standard InChI is InChI=1S/C13H19N3/c1-3-5-6-10(4-2)13-15-11-7-8-14-9-12(11)16-13/h7-10H,3-6H2,1-2H3,(H,15,16).